The van der Waals surface area contributed by atoms with Crippen molar-refractivity contribution < 1.29 is 22.8 Å². The Hall–Kier alpha value is -2.84. The summed E-state index contributed by atoms with van der Waals surface area (Å²) in [6, 6.07) is 9.80. The molecule has 0 spiro atoms. The van der Waals surface area contributed by atoms with Gasteiger partial charge in [0.2, 0.25) is 0 Å². The molecule has 7 nitrogen and oxygen atoms in total. The number of sulfonamides is 1. The van der Waals surface area contributed by atoms with Crippen molar-refractivity contribution in [3.05, 3.63) is 58.8 Å². The number of fused-ring (bicyclic) bond motifs is 1. The third-order valence-electron chi connectivity index (χ3n) is 4.08. The summed E-state index contributed by atoms with van der Waals surface area (Å²) in [5, 5.41) is 9.30. The number of anilines is 1. The molecule has 0 radical (unpaired) electrons. The molecule has 0 unspecified atom stereocenters. The molecule has 0 bridgehead atoms. The number of hydroxylamine groups is 1. The third-order valence-corrected chi connectivity index (χ3v) is 5.60. The largest absolute Gasteiger partial charge is 0.461 e. The number of furan rings is 1. The monoisotopic (exact) mass is 374 g/mol. The lowest BCUT2D eigenvalue weighted by atomic mass is 10.1. The summed E-state index contributed by atoms with van der Waals surface area (Å²) in [6.45, 7) is 5.13. The SMILES string of the molecule is Cc1ccc(C)c(S(=O)(=O)Nc2ccc3oc(C)c(C(=O)NO)c3c2)c1. The van der Waals surface area contributed by atoms with Crippen LogP contribution in [0.2, 0.25) is 0 Å². The van der Waals surface area contributed by atoms with Gasteiger partial charge in [-0.3, -0.25) is 14.7 Å². The van der Waals surface area contributed by atoms with Gasteiger partial charge in [0.25, 0.3) is 15.9 Å². The van der Waals surface area contributed by atoms with Crippen LogP contribution in [0.15, 0.2) is 45.7 Å². The molecule has 136 valence electrons. The quantitative estimate of drug-likeness (QED) is 0.480. The van der Waals surface area contributed by atoms with E-state index in [1.165, 1.54) is 6.07 Å². The molecule has 1 aromatic heterocycles. The van der Waals surface area contributed by atoms with Crippen LogP contribution in [0, 0.1) is 20.8 Å². The van der Waals surface area contributed by atoms with Crippen LogP contribution < -0.4 is 10.2 Å². The molecule has 0 saturated heterocycles. The van der Waals surface area contributed by atoms with E-state index in [-0.39, 0.29) is 16.1 Å². The van der Waals surface area contributed by atoms with Crippen molar-refractivity contribution in [1.82, 2.24) is 5.48 Å². The van der Waals surface area contributed by atoms with Gasteiger partial charge in [-0.25, -0.2) is 13.9 Å². The molecule has 0 aliphatic rings. The average Bonchev–Trinajstić information content (AvgIpc) is 2.91. The summed E-state index contributed by atoms with van der Waals surface area (Å²) in [5.41, 5.74) is 3.88. The fourth-order valence-corrected chi connectivity index (χ4v) is 4.21. The Morgan fingerprint density at radius 2 is 1.81 bits per heavy atom. The zero-order chi connectivity index (χ0) is 19.1. The van der Waals surface area contributed by atoms with Crippen LogP contribution >= 0.6 is 0 Å². The highest BCUT2D eigenvalue weighted by Gasteiger charge is 2.21. The van der Waals surface area contributed by atoms with Gasteiger partial charge in [0.1, 0.15) is 11.3 Å². The van der Waals surface area contributed by atoms with E-state index < -0.39 is 15.9 Å². The zero-order valence-corrected chi connectivity index (χ0v) is 15.3. The van der Waals surface area contributed by atoms with Crippen molar-refractivity contribution in [2.24, 2.45) is 0 Å². The molecule has 0 atom stereocenters. The summed E-state index contributed by atoms with van der Waals surface area (Å²) >= 11 is 0. The number of amides is 1. The molecule has 0 fully saturated rings. The molecule has 2 aromatic carbocycles. The number of nitrogens with one attached hydrogen (secondary N) is 2. The molecule has 0 saturated carbocycles. The molecule has 3 N–H and O–H groups in total. The molecule has 26 heavy (non-hydrogen) atoms. The summed E-state index contributed by atoms with van der Waals surface area (Å²) in [5.74, 6) is -0.406. The molecule has 3 aromatic rings. The molecule has 8 heteroatoms. The molecule has 0 aliphatic carbocycles. The normalized spacial score (nSPS) is 11.5. The van der Waals surface area contributed by atoms with Gasteiger partial charge < -0.3 is 4.42 Å². The van der Waals surface area contributed by atoms with Crippen LogP contribution in [-0.2, 0) is 10.0 Å². The topological polar surface area (TPSA) is 109 Å². The van der Waals surface area contributed by atoms with Crippen LogP contribution in [0.4, 0.5) is 5.69 Å². The summed E-state index contributed by atoms with van der Waals surface area (Å²) in [6.07, 6.45) is 0. The van der Waals surface area contributed by atoms with Crippen molar-refractivity contribution >= 4 is 32.6 Å². The van der Waals surface area contributed by atoms with Gasteiger partial charge in [0.05, 0.1) is 10.5 Å². The zero-order valence-electron chi connectivity index (χ0n) is 14.5. The van der Waals surface area contributed by atoms with Crippen molar-refractivity contribution in [3.8, 4) is 0 Å². The Labute approximate surface area is 150 Å². The van der Waals surface area contributed by atoms with E-state index in [4.69, 9.17) is 9.62 Å². The average molecular weight is 374 g/mol. The number of hydrogen-bond acceptors (Lipinski definition) is 5. The predicted molar refractivity (Wildman–Crippen MR) is 96.9 cm³/mol. The summed E-state index contributed by atoms with van der Waals surface area (Å²) in [7, 11) is -3.80. The second-order valence-electron chi connectivity index (χ2n) is 6.06. The number of hydrogen-bond donors (Lipinski definition) is 3. The first-order chi connectivity index (χ1) is 12.2. The van der Waals surface area contributed by atoms with E-state index in [1.807, 2.05) is 13.0 Å². The van der Waals surface area contributed by atoms with Crippen LogP contribution in [0.25, 0.3) is 11.0 Å². The van der Waals surface area contributed by atoms with E-state index in [1.54, 1.807) is 43.6 Å². The number of carbonyl (C=O) groups excluding carboxylic acids is 1. The molecule has 3 rings (SSSR count). The predicted octanol–water partition coefficient (Wildman–Crippen LogP) is 3.28. The van der Waals surface area contributed by atoms with Crippen molar-refractivity contribution in [2.75, 3.05) is 4.72 Å². The van der Waals surface area contributed by atoms with Gasteiger partial charge in [0.15, 0.2) is 0 Å². The Morgan fingerprint density at radius 1 is 1.08 bits per heavy atom. The maximum absolute atomic E-state index is 12.7. The Balaban J connectivity index is 2.06. The van der Waals surface area contributed by atoms with Gasteiger partial charge in [-0.05, 0) is 56.2 Å². The van der Waals surface area contributed by atoms with E-state index in [0.717, 1.165) is 5.56 Å². The first-order valence-corrected chi connectivity index (χ1v) is 9.29. The minimum atomic E-state index is -3.80. The standard InChI is InChI=1S/C18H18N2O5S/c1-10-4-5-11(2)16(8-10)26(23,24)20-13-6-7-15-14(9-13)17(12(3)25-15)18(21)19-22/h4-9,20,22H,1-3H3,(H,19,21). The van der Waals surface area contributed by atoms with Gasteiger partial charge in [0, 0.05) is 11.1 Å². The minimum Gasteiger partial charge on any atom is -0.461 e. The first kappa shape index (κ1) is 18.0. The first-order valence-electron chi connectivity index (χ1n) is 7.80. The number of benzene rings is 2. The fraction of sp³-hybridized carbons (Fsp3) is 0.167. The number of aryl methyl sites for hydroxylation is 3. The highest BCUT2D eigenvalue weighted by Crippen LogP contribution is 2.29. The van der Waals surface area contributed by atoms with Gasteiger partial charge in [-0.1, -0.05) is 12.1 Å². The van der Waals surface area contributed by atoms with E-state index in [9.17, 15) is 13.2 Å². The number of rotatable bonds is 4. The molecular weight excluding hydrogens is 356 g/mol. The summed E-state index contributed by atoms with van der Waals surface area (Å²) in [4.78, 5) is 12.0. The molecule has 1 heterocycles. The van der Waals surface area contributed by atoms with E-state index in [2.05, 4.69) is 4.72 Å². The molecule has 1 amide bonds. The van der Waals surface area contributed by atoms with Crippen molar-refractivity contribution in [3.63, 3.8) is 0 Å². The van der Waals surface area contributed by atoms with Gasteiger partial charge in [-0.2, -0.15) is 0 Å². The highest BCUT2D eigenvalue weighted by molar-refractivity contribution is 7.92. The second kappa shape index (κ2) is 6.47. The molecular formula is C18H18N2O5S. The van der Waals surface area contributed by atoms with Crippen LogP contribution in [0.5, 0.6) is 0 Å². The van der Waals surface area contributed by atoms with Crippen LogP contribution in [0.3, 0.4) is 0 Å². The maximum atomic E-state index is 12.7. The second-order valence-corrected chi connectivity index (χ2v) is 7.71. The lowest BCUT2D eigenvalue weighted by Crippen LogP contribution is -2.19. The molecule has 0 aliphatic heterocycles. The van der Waals surface area contributed by atoms with Crippen LogP contribution in [-0.4, -0.2) is 19.5 Å². The Bertz CT molecular complexity index is 1120. The van der Waals surface area contributed by atoms with E-state index in [0.29, 0.717) is 22.3 Å². The smallest absolute Gasteiger partial charge is 0.278 e. The van der Waals surface area contributed by atoms with Crippen molar-refractivity contribution in [1.29, 1.82) is 0 Å². The number of carbonyl (C=O) groups is 1. The van der Waals surface area contributed by atoms with Gasteiger partial charge >= 0.3 is 0 Å². The van der Waals surface area contributed by atoms with Crippen molar-refractivity contribution in [2.45, 2.75) is 25.7 Å². The van der Waals surface area contributed by atoms with Crippen LogP contribution in [0.1, 0.15) is 27.2 Å². The highest BCUT2D eigenvalue weighted by atomic mass is 32.2. The Morgan fingerprint density at radius 3 is 2.50 bits per heavy atom. The lowest BCUT2D eigenvalue weighted by Gasteiger charge is -2.11. The summed E-state index contributed by atoms with van der Waals surface area (Å²) < 4.78 is 33.5. The Kier molecular flexibility index (Phi) is 4.47. The van der Waals surface area contributed by atoms with E-state index >= 15 is 0 Å². The third kappa shape index (κ3) is 3.16. The minimum absolute atomic E-state index is 0.148. The maximum Gasteiger partial charge on any atom is 0.278 e. The fourth-order valence-electron chi connectivity index (χ4n) is 2.83. The van der Waals surface area contributed by atoms with Gasteiger partial charge in [-0.15, -0.1) is 0 Å². The lowest BCUT2D eigenvalue weighted by molar-refractivity contribution is 0.0706.